The maximum Gasteiger partial charge on any atom is 0.0757 e. The van der Waals surface area contributed by atoms with Crippen molar-refractivity contribution in [3.8, 4) is 0 Å². The molecule has 0 unspecified atom stereocenters. The van der Waals surface area contributed by atoms with Crippen LogP contribution < -0.4 is 0 Å². The quantitative estimate of drug-likeness (QED) is 0.569. The molecule has 1 aliphatic rings. The number of methoxy groups -OCH3 is 1. The highest BCUT2D eigenvalue weighted by molar-refractivity contribution is 5.19. The molecule has 1 rings (SSSR count). The van der Waals surface area contributed by atoms with Gasteiger partial charge in [0.2, 0.25) is 0 Å². The topological polar surface area (TPSA) is 9.23 Å². The third-order valence-electron chi connectivity index (χ3n) is 1.92. The first-order valence-electron chi connectivity index (χ1n) is 3.72. The lowest BCUT2D eigenvalue weighted by atomic mass is 9.98. The van der Waals surface area contributed by atoms with Crippen LogP contribution in [0.1, 0.15) is 19.3 Å². The van der Waals surface area contributed by atoms with E-state index in [4.69, 9.17) is 4.74 Å². The van der Waals surface area contributed by atoms with Gasteiger partial charge in [-0.15, -0.1) is 0 Å². The maximum atomic E-state index is 5.20. The van der Waals surface area contributed by atoms with E-state index in [2.05, 4.69) is 12.7 Å². The molecule has 0 aromatic carbocycles. The molecule has 1 aliphatic carbocycles. The molecule has 0 amide bonds. The van der Waals surface area contributed by atoms with Crippen LogP contribution in [0.2, 0.25) is 0 Å². The molecule has 0 aromatic heterocycles. The highest BCUT2D eigenvalue weighted by Gasteiger charge is 2.09. The van der Waals surface area contributed by atoms with E-state index in [0.717, 1.165) is 6.42 Å². The second kappa shape index (κ2) is 3.57. The van der Waals surface area contributed by atoms with Gasteiger partial charge < -0.3 is 4.74 Å². The van der Waals surface area contributed by atoms with E-state index in [9.17, 15) is 0 Å². The van der Waals surface area contributed by atoms with Crippen molar-refractivity contribution in [2.24, 2.45) is 0 Å². The van der Waals surface area contributed by atoms with Gasteiger partial charge in [0.05, 0.1) is 6.10 Å². The van der Waals surface area contributed by atoms with Gasteiger partial charge in [0.25, 0.3) is 0 Å². The Morgan fingerprint density at radius 1 is 1.80 bits per heavy atom. The second-order valence-corrected chi connectivity index (χ2v) is 2.61. The number of hydrogen-bond acceptors (Lipinski definition) is 1. The summed E-state index contributed by atoms with van der Waals surface area (Å²) in [6, 6.07) is 0. The van der Waals surface area contributed by atoms with Crippen molar-refractivity contribution in [3.05, 3.63) is 24.3 Å². The van der Waals surface area contributed by atoms with Crippen LogP contribution in [0.25, 0.3) is 0 Å². The molecular formula is C9H14O. The lowest BCUT2D eigenvalue weighted by Gasteiger charge is -2.17. The summed E-state index contributed by atoms with van der Waals surface area (Å²) in [5.41, 5.74) is 1.33. The smallest absolute Gasteiger partial charge is 0.0757 e. The van der Waals surface area contributed by atoms with Gasteiger partial charge in [-0.25, -0.2) is 0 Å². The van der Waals surface area contributed by atoms with E-state index in [1.165, 1.54) is 18.4 Å². The molecule has 10 heavy (non-hydrogen) atoms. The van der Waals surface area contributed by atoms with Gasteiger partial charge in [0.15, 0.2) is 0 Å². The molecular weight excluding hydrogens is 124 g/mol. The van der Waals surface area contributed by atoms with Crippen LogP contribution in [0, 0.1) is 0 Å². The molecule has 0 saturated carbocycles. The summed E-state index contributed by atoms with van der Waals surface area (Å²) in [5, 5.41) is 0. The predicted octanol–water partition coefficient (Wildman–Crippen LogP) is 2.30. The zero-order chi connectivity index (χ0) is 7.40. The Morgan fingerprint density at radius 2 is 2.60 bits per heavy atom. The van der Waals surface area contributed by atoms with Crippen LogP contribution in [0.15, 0.2) is 24.3 Å². The molecule has 0 spiro atoms. The van der Waals surface area contributed by atoms with Crippen molar-refractivity contribution in [1.29, 1.82) is 0 Å². The van der Waals surface area contributed by atoms with Crippen molar-refractivity contribution in [2.45, 2.75) is 25.4 Å². The first-order chi connectivity index (χ1) is 4.86. The van der Waals surface area contributed by atoms with E-state index in [0.29, 0.717) is 6.10 Å². The van der Waals surface area contributed by atoms with E-state index >= 15 is 0 Å². The van der Waals surface area contributed by atoms with Crippen molar-refractivity contribution < 1.29 is 4.74 Å². The summed E-state index contributed by atoms with van der Waals surface area (Å²) < 4.78 is 5.20. The van der Waals surface area contributed by atoms with Crippen LogP contribution >= 0.6 is 0 Å². The van der Waals surface area contributed by atoms with Gasteiger partial charge in [-0.1, -0.05) is 24.3 Å². The van der Waals surface area contributed by atoms with E-state index < -0.39 is 0 Å². The number of allylic oxidation sites excluding steroid dienone is 2. The van der Waals surface area contributed by atoms with Crippen molar-refractivity contribution in [1.82, 2.24) is 0 Å². The van der Waals surface area contributed by atoms with Gasteiger partial charge in [-0.05, 0) is 19.3 Å². The standard InChI is InChI=1S/C9H14O/c1-3-8-5-4-6-9(7-8)10-2/h3,7,9H,1,4-6H2,2H3/t9-/m1/s1. The number of ether oxygens (including phenoxy) is 1. The van der Waals surface area contributed by atoms with Gasteiger partial charge in [0, 0.05) is 7.11 Å². The summed E-state index contributed by atoms with van der Waals surface area (Å²) >= 11 is 0. The molecule has 1 nitrogen and oxygen atoms in total. The highest BCUT2D eigenvalue weighted by Crippen LogP contribution is 2.19. The first-order valence-corrected chi connectivity index (χ1v) is 3.72. The molecule has 0 aromatic rings. The predicted molar refractivity (Wildman–Crippen MR) is 42.9 cm³/mol. The minimum absolute atomic E-state index is 0.335. The highest BCUT2D eigenvalue weighted by atomic mass is 16.5. The average molecular weight is 138 g/mol. The molecule has 0 N–H and O–H groups in total. The average Bonchev–Trinajstić information content (AvgIpc) is 2.05. The zero-order valence-electron chi connectivity index (χ0n) is 6.47. The van der Waals surface area contributed by atoms with E-state index in [1.807, 2.05) is 6.08 Å². The third-order valence-corrected chi connectivity index (χ3v) is 1.92. The van der Waals surface area contributed by atoms with Crippen molar-refractivity contribution in [2.75, 3.05) is 7.11 Å². The molecule has 56 valence electrons. The summed E-state index contributed by atoms with van der Waals surface area (Å²) in [6.07, 6.45) is 7.98. The Hall–Kier alpha value is -0.560. The molecule has 1 heteroatoms. The second-order valence-electron chi connectivity index (χ2n) is 2.61. The molecule has 0 heterocycles. The van der Waals surface area contributed by atoms with Gasteiger partial charge in [-0.3, -0.25) is 0 Å². The fourth-order valence-corrected chi connectivity index (χ4v) is 1.27. The Labute approximate surface area is 62.4 Å². The van der Waals surface area contributed by atoms with E-state index in [1.54, 1.807) is 7.11 Å². The Kier molecular flexibility index (Phi) is 2.69. The van der Waals surface area contributed by atoms with Crippen LogP contribution in [-0.2, 0) is 4.74 Å². The molecule has 0 saturated heterocycles. The molecule has 0 fully saturated rings. The minimum Gasteiger partial charge on any atom is -0.377 e. The zero-order valence-corrected chi connectivity index (χ0v) is 6.47. The van der Waals surface area contributed by atoms with Gasteiger partial charge in [0.1, 0.15) is 0 Å². The largest absolute Gasteiger partial charge is 0.377 e. The molecule has 0 bridgehead atoms. The summed E-state index contributed by atoms with van der Waals surface area (Å²) in [6.45, 7) is 3.73. The van der Waals surface area contributed by atoms with Gasteiger partial charge in [-0.2, -0.15) is 0 Å². The lowest BCUT2D eigenvalue weighted by Crippen LogP contribution is -2.11. The molecule has 0 aliphatic heterocycles. The van der Waals surface area contributed by atoms with Gasteiger partial charge >= 0.3 is 0 Å². The molecule has 0 radical (unpaired) electrons. The van der Waals surface area contributed by atoms with Crippen molar-refractivity contribution in [3.63, 3.8) is 0 Å². The third kappa shape index (κ3) is 1.71. The number of hydrogen-bond donors (Lipinski definition) is 0. The van der Waals surface area contributed by atoms with E-state index in [-0.39, 0.29) is 0 Å². The lowest BCUT2D eigenvalue weighted by molar-refractivity contribution is 0.127. The fraction of sp³-hybridized carbons (Fsp3) is 0.556. The normalized spacial score (nSPS) is 25.7. The fourth-order valence-electron chi connectivity index (χ4n) is 1.27. The van der Waals surface area contributed by atoms with Crippen LogP contribution in [0.4, 0.5) is 0 Å². The number of rotatable bonds is 2. The Morgan fingerprint density at radius 3 is 3.20 bits per heavy atom. The van der Waals surface area contributed by atoms with Crippen molar-refractivity contribution >= 4 is 0 Å². The van der Waals surface area contributed by atoms with Crippen LogP contribution in [0.3, 0.4) is 0 Å². The summed E-state index contributed by atoms with van der Waals surface area (Å²) in [4.78, 5) is 0. The molecule has 1 atom stereocenters. The monoisotopic (exact) mass is 138 g/mol. The van der Waals surface area contributed by atoms with Crippen LogP contribution in [0.5, 0.6) is 0 Å². The summed E-state index contributed by atoms with van der Waals surface area (Å²) in [5.74, 6) is 0. The van der Waals surface area contributed by atoms with Crippen LogP contribution in [-0.4, -0.2) is 13.2 Å². The minimum atomic E-state index is 0.335. The summed E-state index contributed by atoms with van der Waals surface area (Å²) in [7, 11) is 1.76. The SMILES string of the molecule is C=CC1=C[C@H](OC)CCC1. The first kappa shape index (κ1) is 7.55. The Balaban J connectivity index is 2.56. The Bertz CT molecular complexity index is 147. The maximum absolute atomic E-state index is 5.20.